The lowest BCUT2D eigenvalue weighted by atomic mass is 10.1. The molecule has 5 rings (SSSR count). The summed E-state index contributed by atoms with van der Waals surface area (Å²) < 4.78 is 54.8. The lowest BCUT2D eigenvalue weighted by molar-refractivity contribution is -0.202. The van der Waals surface area contributed by atoms with Crippen LogP contribution in [0, 0.1) is 0 Å². The number of rotatable bonds is 8. The minimum Gasteiger partial charge on any atom is -0.374 e. The third-order valence-corrected chi connectivity index (χ3v) is 8.62. The van der Waals surface area contributed by atoms with Crippen molar-refractivity contribution in [2.75, 3.05) is 32.0 Å². The number of piperidine rings is 1. The molecular formula is C22H36F3N7O4S. The maximum absolute atomic E-state index is 12.8. The molecule has 0 bridgehead atoms. The summed E-state index contributed by atoms with van der Waals surface area (Å²) >= 11 is 1.74. The van der Waals surface area contributed by atoms with Crippen LogP contribution in [0.2, 0.25) is 0 Å². The van der Waals surface area contributed by atoms with Gasteiger partial charge < -0.3 is 14.0 Å². The van der Waals surface area contributed by atoms with Gasteiger partial charge in [-0.25, -0.2) is 4.79 Å². The van der Waals surface area contributed by atoms with Gasteiger partial charge in [-0.05, 0) is 51.2 Å². The number of aromatic nitrogens is 2. The van der Waals surface area contributed by atoms with Crippen molar-refractivity contribution >= 4 is 11.8 Å². The number of ether oxygens (including phenoxy) is 2. The van der Waals surface area contributed by atoms with E-state index in [2.05, 4.69) is 31.3 Å². The first-order valence-electron chi connectivity index (χ1n) is 13.0. The Morgan fingerprint density at radius 1 is 1.16 bits per heavy atom. The van der Waals surface area contributed by atoms with Crippen molar-refractivity contribution in [2.24, 2.45) is 0 Å². The summed E-state index contributed by atoms with van der Waals surface area (Å²) in [6, 6.07) is -0.0430. The van der Waals surface area contributed by atoms with E-state index >= 15 is 0 Å². The summed E-state index contributed by atoms with van der Waals surface area (Å²) in [5.41, 5.74) is 0.147. The van der Waals surface area contributed by atoms with Crippen LogP contribution in [0.5, 0.6) is 0 Å². The van der Waals surface area contributed by atoms with Crippen molar-refractivity contribution in [2.45, 2.75) is 94.1 Å². The maximum Gasteiger partial charge on any atom is 0.411 e. The van der Waals surface area contributed by atoms with E-state index < -0.39 is 31.7 Å². The van der Waals surface area contributed by atoms with E-state index in [1.807, 2.05) is 6.92 Å². The molecule has 0 saturated carbocycles. The molecule has 210 valence electrons. The van der Waals surface area contributed by atoms with Gasteiger partial charge in [0.15, 0.2) is 12.0 Å². The molecule has 1 aromatic rings. The van der Waals surface area contributed by atoms with Gasteiger partial charge in [-0.15, -0.1) is 9.95 Å². The topological polar surface area (TPSA) is 118 Å². The van der Waals surface area contributed by atoms with Gasteiger partial charge in [0.05, 0.1) is 23.5 Å². The third-order valence-electron chi connectivity index (χ3n) is 7.24. The second-order valence-corrected chi connectivity index (χ2v) is 11.4. The first-order valence-corrected chi connectivity index (χ1v) is 14.1. The maximum atomic E-state index is 12.8. The molecule has 4 saturated heterocycles. The van der Waals surface area contributed by atoms with Crippen LogP contribution in [0.4, 0.5) is 13.2 Å². The van der Waals surface area contributed by atoms with Crippen LogP contribution in [-0.2, 0) is 9.47 Å². The highest BCUT2D eigenvalue weighted by molar-refractivity contribution is 7.99. The van der Waals surface area contributed by atoms with E-state index in [0.29, 0.717) is 38.2 Å². The van der Waals surface area contributed by atoms with E-state index in [4.69, 9.17) is 14.0 Å². The Morgan fingerprint density at radius 2 is 1.97 bits per heavy atom. The first-order chi connectivity index (χ1) is 17.7. The summed E-state index contributed by atoms with van der Waals surface area (Å²) in [7, 11) is 0. The number of halogens is 3. The van der Waals surface area contributed by atoms with Gasteiger partial charge in [-0.3, -0.25) is 26.2 Å². The molecule has 0 amide bonds. The Labute approximate surface area is 217 Å². The van der Waals surface area contributed by atoms with Crippen LogP contribution in [0.15, 0.2) is 9.32 Å². The molecule has 6 unspecified atom stereocenters. The zero-order valence-electron chi connectivity index (χ0n) is 20.8. The van der Waals surface area contributed by atoms with Crippen molar-refractivity contribution in [3.05, 3.63) is 16.1 Å². The number of nitrogens with zero attached hydrogens (tertiary/aromatic N) is 3. The zero-order valence-corrected chi connectivity index (χ0v) is 21.7. The average molecular weight is 552 g/mol. The fraction of sp³-hybridized carbons (Fsp3) is 0.909. The molecule has 4 fully saturated rings. The highest BCUT2D eigenvalue weighted by atomic mass is 32.2. The molecule has 0 aliphatic carbocycles. The van der Waals surface area contributed by atoms with Gasteiger partial charge in [0.1, 0.15) is 19.2 Å². The highest BCUT2D eigenvalue weighted by Crippen LogP contribution is 2.38. The van der Waals surface area contributed by atoms with Gasteiger partial charge in [0.25, 0.3) is 0 Å². The van der Waals surface area contributed by atoms with E-state index in [9.17, 15) is 18.0 Å². The Hall–Kier alpha value is -1.20. The quantitative estimate of drug-likeness (QED) is 0.376. The normalized spacial score (nSPS) is 34.4. The van der Waals surface area contributed by atoms with Gasteiger partial charge >= 0.3 is 11.8 Å². The second-order valence-electron chi connectivity index (χ2n) is 10.1. The van der Waals surface area contributed by atoms with Crippen LogP contribution in [-0.4, -0.2) is 84.2 Å². The first kappa shape index (κ1) is 27.4. The molecule has 5 heterocycles. The average Bonchev–Trinajstić information content (AvgIpc) is 3.62. The van der Waals surface area contributed by atoms with Crippen LogP contribution in [0.3, 0.4) is 0 Å². The lowest BCUT2D eigenvalue weighted by Crippen LogP contribution is -2.76. The molecule has 4 N–H and O–H groups in total. The molecule has 0 aromatic carbocycles. The third kappa shape index (κ3) is 7.26. The molecule has 4 aliphatic rings. The Kier molecular flexibility index (Phi) is 8.80. The summed E-state index contributed by atoms with van der Waals surface area (Å²) in [6.45, 7) is 2.51. The fourth-order valence-corrected chi connectivity index (χ4v) is 6.55. The molecule has 0 spiro atoms. The zero-order chi connectivity index (χ0) is 26.0. The van der Waals surface area contributed by atoms with Crippen LogP contribution in [0.25, 0.3) is 0 Å². The fourth-order valence-electron chi connectivity index (χ4n) is 5.29. The molecule has 11 nitrogen and oxygen atoms in total. The number of nitrogens with one attached hydrogen (secondary N) is 4. The van der Waals surface area contributed by atoms with Crippen LogP contribution in [0.1, 0.15) is 62.4 Å². The molecule has 4 aliphatic heterocycles. The van der Waals surface area contributed by atoms with Gasteiger partial charge in [-0.2, -0.15) is 24.9 Å². The Bertz CT molecular complexity index is 936. The molecule has 1 aromatic heterocycles. The summed E-state index contributed by atoms with van der Waals surface area (Å²) in [6.07, 6.45) is -0.717. The SMILES string of the molecule is CC1CCC(CNC2NC(OCC(F)(F)F)NC(N3CCC(n4nc(C5CCCS5)c(=O)o4)CC3)N2)O1. The lowest BCUT2D eigenvalue weighted by Gasteiger charge is -2.45. The van der Waals surface area contributed by atoms with Gasteiger partial charge in [0, 0.05) is 19.6 Å². The predicted molar refractivity (Wildman–Crippen MR) is 129 cm³/mol. The molecule has 0 radical (unpaired) electrons. The standard InChI is InChI=1S/C22H36F3N7O4S/c1-13-4-5-15(35-13)11-26-19-27-20(29-21(28-19)34-12-22(23,24)25)31-8-6-14(7-9-31)32-30-17(18(33)36-32)16-3-2-10-37-16/h13-16,19-21,26-29H,2-12H2,1H3. The van der Waals surface area contributed by atoms with Crippen molar-refractivity contribution in [1.82, 2.24) is 36.1 Å². The number of alkyl halides is 3. The Morgan fingerprint density at radius 3 is 2.65 bits per heavy atom. The summed E-state index contributed by atoms with van der Waals surface area (Å²) in [4.78, 5) is 15.9. The molecule has 15 heteroatoms. The minimum absolute atomic E-state index is 0.0430. The molecule has 37 heavy (non-hydrogen) atoms. The highest BCUT2D eigenvalue weighted by Gasteiger charge is 2.37. The summed E-state index contributed by atoms with van der Waals surface area (Å²) in [5, 5.41) is 17.4. The summed E-state index contributed by atoms with van der Waals surface area (Å²) in [5.74, 6) is 1.03. The monoisotopic (exact) mass is 551 g/mol. The minimum atomic E-state index is -4.43. The predicted octanol–water partition coefficient (Wildman–Crippen LogP) is 1.41. The van der Waals surface area contributed by atoms with Crippen LogP contribution < -0.4 is 26.9 Å². The smallest absolute Gasteiger partial charge is 0.374 e. The second kappa shape index (κ2) is 11.9. The van der Waals surface area contributed by atoms with E-state index in [-0.39, 0.29) is 29.1 Å². The van der Waals surface area contributed by atoms with Crippen molar-refractivity contribution in [3.8, 4) is 0 Å². The van der Waals surface area contributed by atoms with Crippen LogP contribution >= 0.6 is 11.8 Å². The van der Waals surface area contributed by atoms with Gasteiger partial charge in [-0.1, -0.05) is 0 Å². The Balaban J connectivity index is 1.17. The molecule has 6 atom stereocenters. The van der Waals surface area contributed by atoms with Gasteiger partial charge in [0.2, 0.25) is 0 Å². The number of hydrogen-bond donors (Lipinski definition) is 4. The number of hydrogen-bond acceptors (Lipinski definition) is 11. The number of thioether (sulfide) groups is 1. The van der Waals surface area contributed by atoms with E-state index in [0.717, 1.165) is 31.4 Å². The van der Waals surface area contributed by atoms with Crippen molar-refractivity contribution in [3.63, 3.8) is 0 Å². The largest absolute Gasteiger partial charge is 0.411 e. The molecular weight excluding hydrogens is 515 g/mol. The van der Waals surface area contributed by atoms with E-state index in [1.54, 1.807) is 11.8 Å². The van der Waals surface area contributed by atoms with E-state index in [1.165, 1.54) is 4.85 Å². The van der Waals surface area contributed by atoms with Crippen molar-refractivity contribution in [1.29, 1.82) is 0 Å². The van der Waals surface area contributed by atoms with Crippen molar-refractivity contribution < 1.29 is 27.2 Å². The number of likely N-dealkylation sites (tertiary alicyclic amines) is 1.